The van der Waals surface area contributed by atoms with Crippen molar-refractivity contribution in [1.82, 2.24) is 0 Å². The largest absolute Gasteiger partial charge is 0.384 e. The highest BCUT2D eigenvalue weighted by molar-refractivity contribution is 7.08. The molecule has 2 heteroatoms. The predicted octanol–water partition coefficient (Wildman–Crippen LogP) is 3.63. The van der Waals surface area contributed by atoms with Gasteiger partial charge in [0.25, 0.3) is 0 Å². The molecule has 15 heavy (non-hydrogen) atoms. The molecule has 1 nitrogen and oxygen atoms in total. The van der Waals surface area contributed by atoms with Gasteiger partial charge < -0.3 is 5.11 Å². The summed E-state index contributed by atoms with van der Waals surface area (Å²) in [6.45, 7) is 3.61. The summed E-state index contributed by atoms with van der Waals surface area (Å²) in [6, 6.07) is 9.91. The van der Waals surface area contributed by atoms with Gasteiger partial charge in [-0.1, -0.05) is 30.3 Å². The van der Waals surface area contributed by atoms with Gasteiger partial charge in [-0.15, -0.1) is 6.58 Å². The monoisotopic (exact) mass is 216 g/mol. The topological polar surface area (TPSA) is 20.2 Å². The summed E-state index contributed by atoms with van der Waals surface area (Å²) in [5.74, 6) is 0. The van der Waals surface area contributed by atoms with Gasteiger partial charge in [0, 0.05) is 0 Å². The lowest BCUT2D eigenvalue weighted by atomic mass is 9.98. The van der Waals surface area contributed by atoms with Gasteiger partial charge in [0.2, 0.25) is 0 Å². The second kappa shape index (κ2) is 4.43. The molecule has 0 aliphatic carbocycles. The Kier molecular flexibility index (Phi) is 2.99. The van der Waals surface area contributed by atoms with Crippen molar-refractivity contribution in [2.75, 3.05) is 0 Å². The maximum absolute atomic E-state index is 9.79. The van der Waals surface area contributed by atoms with Crippen LogP contribution in [-0.4, -0.2) is 5.11 Å². The molecule has 0 spiro atoms. The average molecular weight is 216 g/mol. The zero-order chi connectivity index (χ0) is 10.7. The maximum atomic E-state index is 9.79. The summed E-state index contributed by atoms with van der Waals surface area (Å²) >= 11 is 1.65. The lowest BCUT2D eigenvalue weighted by Crippen LogP contribution is -1.95. The van der Waals surface area contributed by atoms with E-state index in [4.69, 9.17) is 0 Å². The van der Waals surface area contributed by atoms with Gasteiger partial charge in [0.1, 0.15) is 0 Å². The van der Waals surface area contributed by atoms with Gasteiger partial charge in [-0.2, -0.15) is 11.3 Å². The summed E-state index contributed by atoms with van der Waals surface area (Å²) in [4.78, 5) is 0. The van der Waals surface area contributed by atoms with Crippen LogP contribution in [0.2, 0.25) is 0 Å². The molecule has 1 heterocycles. The Hall–Kier alpha value is -1.38. The van der Waals surface area contributed by atoms with E-state index in [0.29, 0.717) is 0 Å². The highest BCUT2D eigenvalue weighted by atomic mass is 32.1. The number of thiophene rings is 1. The van der Waals surface area contributed by atoms with E-state index in [1.54, 1.807) is 17.4 Å². The van der Waals surface area contributed by atoms with Crippen molar-refractivity contribution in [1.29, 1.82) is 0 Å². The number of aliphatic hydroxyl groups excluding tert-OH is 1. The smallest absolute Gasteiger partial charge is 0.0975 e. The minimum absolute atomic E-state index is 0.596. The Balaban J connectivity index is 2.52. The van der Waals surface area contributed by atoms with Crippen LogP contribution in [0.15, 0.2) is 53.7 Å². The Morgan fingerprint density at radius 3 is 2.73 bits per heavy atom. The van der Waals surface area contributed by atoms with Gasteiger partial charge in [-0.05, 0) is 33.5 Å². The summed E-state index contributed by atoms with van der Waals surface area (Å²) in [5.41, 5.74) is 3.13. The zero-order valence-corrected chi connectivity index (χ0v) is 9.08. The quantitative estimate of drug-likeness (QED) is 0.777. The van der Waals surface area contributed by atoms with E-state index in [0.717, 1.165) is 16.7 Å². The lowest BCUT2D eigenvalue weighted by molar-refractivity contribution is 0.229. The molecular weight excluding hydrogens is 204 g/mol. The maximum Gasteiger partial charge on any atom is 0.0975 e. The second-order valence-electron chi connectivity index (χ2n) is 3.28. The van der Waals surface area contributed by atoms with Crippen LogP contribution in [0.25, 0.3) is 11.1 Å². The molecule has 1 unspecified atom stereocenters. The highest BCUT2D eigenvalue weighted by Crippen LogP contribution is 2.29. The SMILES string of the molecule is C=CC(O)c1ccccc1-c1ccsc1. The molecule has 2 aromatic rings. The van der Waals surface area contributed by atoms with E-state index in [2.05, 4.69) is 18.0 Å². The Labute approximate surface area is 93.3 Å². The van der Waals surface area contributed by atoms with E-state index < -0.39 is 6.10 Å². The first kappa shape index (κ1) is 10.1. The number of rotatable bonds is 3. The fourth-order valence-corrected chi connectivity index (χ4v) is 2.22. The van der Waals surface area contributed by atoms with Crippen LogP contribution in [-0.2, 0) is 0 Å². The molecular formula is C13H12OS. The third kappa shape index (κ3) is 2.01. The minimum atomic E-state index is -0.596. The van der Waals surface area contributed by atoms with E-state index in [9.17, 15) is 5.11 Å². The van der Waals surface area contributed by atoms with E-state index in [-0.39, 0.29) is 0 Å². The number of hydrogen-bond donors (Lipinski definition) is 1. The molecule has 0 amide bonds. The van der Waals surface area contributed by atoms with Crippen molar-refractivity contribution in [3.63, 3.8) is 0 Å². The molecule has 0 radical (unpaired) electrons. The minimum Gasteiger partial charge on any atom is -0.384 e. The van der Waals surface area contributed by atoms with Crippen molar-refractivity contribution in [3.05, 3.63) is 59.3 Å². The second-order valence-corrected chi connectivity index (χ2v) is 4.06. The molecule has 0 saturated heterocycles. The lowest BCUT2D eigenvalue weighted by Gasteiger charge is -2.10. The van der Waals surface area contributed by atoms with Crippen LogP contribution in [0.4, 0.5) is 0 Å². The van der Waals surface area contributed by atoms with Gasteiger partial charge >= 0.3 is 0 Å². The summed E-state index contributed by atoms with van der Waals surface area (Å²) in [6.07, 6.45) is 0.951. The number of aliphatic hydroxyl groups is 1. The summed E-state index contributed by atoms with van der Waals surface area (Å²) < 4.78 is 0. The molecule has 1 N–H and O–H groups in total. The third-order valence-electron chi connectivity index (χ3n) is 2.33. The Morgan fingerprint density at radius 1 is 1.27 bits per heavy atom. The van der Waals surface area contributed by atoms with Crippen LogP contribution in [0.1, 0.15) is 11.7 Å². The van der Waals surface area contributed by atoms with E-state index >= 15 is 0 Å². The highest BCUT2D eigenvalue weighted by Gasteiger charge is 2.09. The van der Waals surface area contributed by atoms with Crippen LogP contribution in [0.3, 0.4) is 0 Å². The summed E-state index contributed by atoms with van der Waals surface area (Å²) in [7, 11) is 0. The van der Waals surface area contributed by atoms with Gasteiger partial charge in [-0.3, -0.25) is 0 Å². The zero-order valence-electron chi connectivity index (χ0n) is 8.26. The third-order valence-corrected chi connectivity index (χ3v) is 3.02. The fourth-order valence-electron chi connectivity index (χ4n) is 1.56. The molecule has 0 saturated carbocycles. The molecule has 0 aliphatic heterocycles. The van der Waals surface area contributed by atoms with Crippen molar-refractivity contribution < 1.29 is 5.11 Å². The molecule has 0 fully saturated rings. The molecule has 0 bridgehead atoms. The average Bonchev–Trinajstić information content (AvgIpc) is 2.81. The molecule has 2 rings (SSSR count). The van der Waals surface area contributed by atoms with Gasteiger partial charge in [-0.25, -0.2) is 0 Å². The van der Waals surface area contributed by atoms with E-state index in [1.165, 1.54) is 0 Å². The van der Waals surface area contributed by atoms with Crippen molar-refractivity contribution in [2.24, 2.45) is 0 Å². The molecule has 1 aromatic heterocycles. The number of benzene rings is 1. The first-order valence-electron chi connectivity index (χ1n) is 4.75. The van der Waals surface area contributed by atoms with Crippen LogP contribution >= 0.6 is 11.3 Å². The standard InChI is InChI=1S/C13H12OS/c1-2-13(14)12-6-4-3-5-11(12)10-7-8-15-9-10/h2-9,13-14H,1H2. The van der Waals surface area contributed by atoms with Gasteiger partial charge in [0.05, 0.1) is 6.10 Å². The van der Waals surface area contributed by atoms with Crippen LogP contribution in [0.5, 0.6) is 0 Å². The first-order chi connectivity index (χ1) is 7.33. The predicted molar refractivity (Wildman–Crippen MR) is 64.9 cm³/mol. The normalized spacial score (nSPS) is 12.3. The van der Waals surface area contributed by atoms with Crippen molar-refractivity contribution in [3.8, 4) is 11.1 Å². The first-order valence-corrected chi connectivity index (χ1v) is 5.69. The van der Waals surface area contributed by atoms with Crippen LogP contribution in [0, 0.1) is 0 Å². The fraction of sp³-hybridized carbons (Fsp3) is 0.0769. The molecule has 1 aromatic carbocycles. The number of hydrogen-bond acceptors (Lipinski definition) is 2. The Morgan fingerprint density at radius 2 is 2.07 bits per heavy atom. The summed E-state index contributed by atoms with van der Waals surface area (Å²) in [5, 5.41) is 13.9. The van der Waals surface area contributed by atoms with Gasteiger partial charge in [0.15, 0.2) is 0 Å². The van der Waals surface area contributed by atoms with E-state index in [1.807, 2.05) is 29.6 Å². The molecule has 1 atom stereocenters. The van der Waals surface area contributed by atoms with Crippen molar-refractivity contribution in [2.45, 2.75) is 6.10 Å². The Bertz CT molecular complexity index is 445. The van der Waals surface area contributed by atoms with Crippen LogP contribution < -0.4 is 0 Å². The molecule has 0 aliphatic rings. The van der Waals surface area contributed by atoms with Crippen molar-refractivity contribution >= 4 is 11.3 Å². The molecule has 76 valence electrons.